The molecule has 2 N–H and O–H groups in total. The molecule has 5 nitrogen and oxygen atoms in total. The standard InChI is InChI=1S/C16H21N3O2S/c1-16(2)10-19(6-5-13(16)17)14(20)8-11-9-21-15(18-11)12-4-3-7-22-12/h3-4,7,9,13H,5-6,8,10,17H2,1-2H3. The third-order valence-corrected chi connectivity index (χ3v) is 5.14. The Kier molecular flexibility index (Phi) is 4.06. The summed E-state index contributed by atoms with van der Waals surface area (Å²) in [6.45, 7) is 5.64. The minimum atomic E-state index is -0.0418. The van der Waals surface area contributed by atoms with Gasteiger partial charge in [-0.1, -0.05) is 19.9 Å². The number of amides is 1. The van der Waals surface area contributed by atoms with Crippen molar-refractivity contribution in [2.75, 3.05) is 13.1 Å². The highest BCUT2D eigenvalue weighted by molar-refractivity contribution is 7.13. The lowest BCUT2D eigenvalue weighted by Gasteiger charge is -2.42. The molecule has 0 spiro atoms. The van der Waals surface area contributed by atoms with Crippen LogP contribution >= 0.6 is 11.3 Å². The van der Waals surface area contributed by atoms with Crippen molar-refractivity contribution >= 4 is 17.2 Å². The summed E-state index contributed by atoms with van der Waals surface area (Å²) in [6.07, 6.45) is 2.70. The Morgan fingerprint density at radius 1 is 1.59 bits per heavy atom. The van der Waals surface area contributed by atoms with Crippen LogP contribution in [-0.2, 0) is 11.2 Å². The lowest BCUT2D eigenvalue weighted by molar-refractivity contribution is -0.133. The van der Waals surface area contributed by atoms with Crippen LogP contribution in [0, 0.1) is 5.41 Å². The van der Waals surface area contributed by atoms with Crippen LogP contribution in [0.4, 0.5) is 0 Å². The van der Waals surface area contributed by atoms with Crippen LogP contribution < -0.4 is 5.73 Å². The molecule has 3 rings (SSSR count). The lowest BCUT2D eigenvalue weighted by Crippen LogP contribution is -2.54. The number of aromatic nitrogens is 1. The largest absolute Gasteiger partial charge is 0.444 e. The van der Waals surface area contributed by atoms with Gasteiger partial charge in [-0.05, 0) is 23.3 Å². The molecule has 22 heavy (non-hydrogen) atoms. The van der Waals surface area contributed by atoms with Gasteiger partial charge in [-0.3, -0.25) is 4.79 Å². The van der Waals surface area contributed by atoms with Gasteiger partial charge in [0.05, 0.1) is 17.0 Å². The zero-order chi connectivity index (χ0) is 15.7. The van der Waals surface area contributed by atoms with Gasteiger partial charge in [-0.25, -0.2) is 4.98 Å². The van der Waals surface area contributed by atoms with Crippen molar-refractivity contribution in [2.45, 2.75) is 32.7 Å². The Hall–Kier alpha value is -1.66. The zero-order valence-electron chi connectivity index (χ0n) is 12.9. The van der Waals surface area contributed by atoms with Gasteiger partial charge in [0.15, 0.2) is 0 Å². The van der Waals surface area contributed by atoms with E-state index in [0.717, 1.165) is 17.8 Å². The maximum atomic E-state index is 12.5. The molecule has 2 aromatic heterocycles. The Labute approximate surface area is 134 Å². The molecule has 0 radical (unpaired) electrons. The summed E-state index contributed by atoms with van der Waals surface area (Å²) < 4.78 is 5.46. The van der Waals surface area contributed by atoms with Crippen molar-refractivity contribution in [3.63, 3.8) is 0 Å². The summed E-state index contributed by atoms with van der Waals surface area (Å²) >= 11 is 1.57. The number of likely N-dealkylation sites (tertiary alicyclic amines) is 1. The van der Waals surface area contributed by atoms with Crippen LogP contribution in [0.3, 0.4) is 0 Å². The van der Waals surface area contributed by atoms with Gasteiger partial charge in [0, 0.05) is 19.1 Å². The van der Waals surface area contributed by atoms with Gasteiger partial charge in [-0.2, -0.15) is 0 Å². The number of rotatable bonds is 3. The topological polar surface area (TPSA) is 72.4 Å². The Morgan fingerprint density at radius 2 is 2.41 bits per heavy atom. The fraction of sp³-hybridized carbons (Fsp3) is 0.500. The number of thiophene rings is 1. The van der Waals surface area contributed by atoms with E-state index in [1.807, 2.05) is 22.4 Å². The predicted octanol–water partition coefficient (Wildman–Crippen LogP) is 2.53. The van der Waals surface area contributed by atoms with Crippen LogP contribution in [0.2, 0.25) is 0 Å². The molecule has 0 aromatic carbocycles. The zero-order valence-corrected chi connectivity index (χ0v) is 13.7. The van der Waals surface area contributed by atoms with E-state index in [9.17, 15) is 4.79 Å². The first kappa shape index (κ1) is 15.2. The van der Waals surface area contributed by atoms with Gasteiger partial charge in [-0.15, -0.1) is 11.3 Å². The molecule has 6 heteroatoms. The highest BCUT2D eigenvalue weighted by atomic mass is 32.1. The van der Waals surface area contributed by atoms with Crippen LogP contribution in [0.25, 0.3) is 10.8 Å². The molecule has 3 heterocycles. The molecular weight excluding hydrogens is 298 g/mol. The minimum absolute atomic E-state index is 0.0418. The summed E-state index contributed by atoms with van der Waals surface area (Å²) in [5.41, 5.74) is 6.76. The smallest absolute Gasteiger partial charge is 0.236 e. The molecule has 0 aliphatic carbocycles. The summed E-state index contributed by atoms with van der Waals surface area (Å²) in [4.78, 5) is 19.7. The second-order valence-electron chi connectivity index (χ2n) is 6.50. The first-order valence-corrected chi connectivity index (χ1v) is 8.35. The highest BCUT2D eigenvalue weighted by Crippen LogP contribution is 2.28. The maximum absolute atomic E-state index is 12.5. The number of hydrogen-bond donors (Lipinski definition) is 1. The first-order valence-electron chi connectivity index (χ1n) is 7.47. The van der Waals surface area contributed by atoms with E-state index in [1.54, 1.807) is 17.6 Å². The van der Waals surface area contributed by atoms with Crippen molar-refractivity contribution < 1.29 is 9.21 Å². The molecule has 1 saturated heterocycles. The SMILES string of the molecule is CC1(C)CN(C(=O)Cc2coc(-c3cccs3)n2)CCC1N. The van der Waals surface area contributed by atoms with E-state index in [-0.39, 0.29) is 23.8 Å². The molecular formula is C16H21N3O2S. The fourth-order valence-corrected chi connectivity index (χ4v) is 3.41. The molecule has 0 bridgehead atoms. The molecule has 0 saturated carbocycles. The van der Waals surface area contributed by atoms with E-state index in [4.69, 9.17) is 10.2 Å². The average molecular weight is 319 g/mol. The van der Waals surface area contributed by atoms with Crippen LogP contribution in [-0.4, -0.2) is 34.9 Å². The average Bonchev–Trinajstić information content (AvgIpc) is 3.12. The number of oxazole rings is 1. The van der Waals surface area contributed by atoms with Crippen molar-refractivity contribution in [1.29, 1.82) is 0 Å². The van der Waals surface area contributed by atoms with Crippen molar-refractivity contribution in [3.8, 4) is 10.8 Å². The Bertz CT molecular complexity index is 648. The molecule has 1 unspecified atom stereocenters. The number of carbonyl (C=O) groups is 1. The summed E-state index contributed by atoms with van der Waals surface area (Å²) in [5, 5.41) is 1.98. The number of nitrogens with zero attached hydrogens (tertiary/aromatic N) is 2. The van der Waals surface area contributed by atoms with Crippen molar-refractivity contribution in [2.24, 2.45) is 11.1 Å². The third-order valence-electron chi connectivity index (χ3n) is 4.28. The highest BCUT2D eigenvalue weighted by Gasteiger charge is 2.35. The van der Waals surface area contributed by atoms with Crippen molar-refractivity contribution in [3.05, 3.63) is 29.5 Å². The van der Waals surface area contributed by atoms with Crippen LogP contribution in [0.1, 0.15) is 26.0 Å². The predicted molar refractivity (Wildman–Crippen MR) is 86.5 cm³/mol. The quantitative estimate of drug-likeness (QED) is 0.943. The fourth-order valence-electron chi connectivity index (χ4n) is 2.76. The summed E-state index contributed by atoms with van der Waals surface area (Å²) in [5.74, 6) is 0.671. The van der Waals surface area contributed by atoms with Gasteiger partial charge >= 0.3 is 0 Å². The summed E-state index contributed by atoms with van der Waals surface area (Å²) in [7, 11) is 0. The van der Waals surface area contributed by atoms with Gasteiger partial charge in [0.25, 0.3) is 0 Å². The van der Waals surface area contributed by atoms with E-state index >= 15 is 0 Å². The first-order chi connectivity index (χ1) is 10.5. The molecule has 1 amide bonds. The molecule has 1 fully saturated rings. The number of piperidine rings is 1. The monoisotopic (exact) mass is 319 g/mol. The summed E-state index contributed by atoms with van der Waals surface area (Å²) in [6, 6.07) is 4.05. The van der Waals surface area contributed by atoms with Crippen LogP contribution in [0.5, 0.6) is 0 Å². The molecule has 118 valence electrons. The second kappa shape index (κ2) is 5.85. The van der Waals surface area contributed by atoms with Crippen molar-refractivity contribution in [1.82, 2.24) is 9.88 Å². The Morgan fingerprint density at radius 3 is 3.09 bits per heavy atom. The second-order valence-corrected chi connectivity index (χ2v) is 7.44. The number of hydrogen-bond acceptors (Lipinski definition) is 5. The Balaban J connectivity index is 1.65. The molecule has 1 atom stereocenters. The van der Waals surface area contributed by atoms with Gasteiger partial charge < -0.3 is 15.1 Å². The third kappa shape index (κ3) is 3.08. The van der Waals surface area contributed by atoms with E-state index in [1.165, 1.54) is 0 Å². The normalized spacial score (nSPS) is 21.0. The molecule has 1 aliphatic heterocycles. The van der Waals surface area contributed by atoms with Gasteiger partial charge in [0.1, 0.15) is 6.26 Å². The van der Waals surface area contributed by atoms with E-state index < -0.39 is 0 Å². The number of nitrogens with two attached hydrogens (primary N) is 1. The minimum Gasteiger partial charge on any atom is -0.444 e. The maximum Gasteiger partial charge on any atom is 0.236 e. The molecule has 2 aromatic rings. The van der Waals surface area contributed by atoms with E-state index in [0.29, 0.717) is 18.1 Å². The lowest BCUT2D eigenvalue weighted by atomic mass is 9.79. The van der Waals surface area contributed by atoms with E-state index in [2.05, 4.69) is 18.8 Å². The van der Waals surface area contributed by atoms with Gasteiger partial charge in [0.2, 0.25) is 11.8 Å². The molecule has 1 aliphatic rings. The van der Waals surface area contributed by atoms with Crippen LogP contribution in [0.15, 0.2) is 28.2 Å². The number of carbonyl (C=O) groups excluding carboxylic acids is 1.